The van der Waals surface area contributed by atoms with Crippen molar-refractivity contribution in [2.45, 2.75) is 12.6 Å². The molecule has 0 saturated heterocycles. The molecule has 0 bridgehead atoms. The molecule has 4 aromatic rings. The Labute approximate surface area is 239 Å². The number of aromatic nitrogens is 2. The highest BCUT2D eigenvalue weighted by atomic mass is 32.1. The summed E-state index contributed by atoms with van der Waals surface area (Å²) in [5, 5.41) is 8.36. The van der Waals surface area contributed by atoms with Gasteiger partial charge in [-0.25, -0.2) is 4.39 Å². The van der Waals surface area contributed by atoms with Crippen LogP contribution in [0.4, 0.5) is 15.8 Å². The first-order valence-corrected chi connectivity index (χ1v) is 13.4. The van der Waals surface area contributed by atoms with Gasteiger partial charge < -0.3 is 15.1 Å². The predicted molar refractivity (Wildman–Crippen MR) is 151 cm³/mol. The molecule has 1 aromatic heterocycles. The topological polar surface area (TPSA) is 116 Å². The van der Waals surface area contributed by atoms with E-state index in [1.54, 1.807) is 30.3 Å². The SMILES string of the molecule is CN(C)c1ccc(NC(=O)[C@H](c2csnn2)N(Cc2ccccc2F)C(=O)CN2C(=O)c3ccccc3C2=O)cc1. The van der Waals surface area contributed by atoms with E-state index in [2.05, 4.69) is 14.9 Å². The Morgan fingerprint density at radius 3 is 2.17 bits per heavy atom. The molecule has 2 heterocycles. The summed E-state index contributed by atoms with van der Waals surface area (Å²) in [6, 6.07) is 17.8. The number of fused-ring (bicyclic) bond motifs is 1. The molecule has 3 aromatic carbocycles. The number of carbonyl (C=O) groups is 4. The standard InChI is InChI=1S/C29H25FN6O4S/c1-34(2)20-13-11-19(12-14-20)31-27(38)26(24-17-41-33-32-24)35(15-18-7-3-6-10-23(18)30)25(37)16-36-28(39)21-8-4-5-9-22(21)29(36)40/h3-14,17,26H,15-16H2,1-2H3,(H,31,38)/t26-/m0/s1. The van der Waals surface area contributed by atoms with Crippen molar-refractivity contribution >= 4 is 46.5 Å². The van der Waals surface area contributed by atoms with Crippen LogP contribution in [0, 0.1) is 5.82 Å². The van der Waals surface area contributed by atoms with Crippen molar-refractivity contribution in [1.29, 1.82) is 0 Å². The van der Waals surface area contributed by atoms with E-state index < -0.39 is 42.0 Å². The second-order valence-corrected chi connectivity index (χ2v) is 10.1. The van der Waals surface area contributed by atoms with Crippen LogP contribution < -0.4 is 10.2 Å². The molecular formula is C29H25FN6O4S. The number of halogens is 1. The van der Waals surface area contributed by atoms with Gasteiger partial charge in [-0.3, -0.25) is 24.1 Å². The first kappa shape index (κ1) is 27.6. The zero-order valence-electron chi connectivity index (χ0n) is 22.2. The fourth-order valence-corrected chi connectivity index (χ4v) is 5.00. The number of hydrogen-bond acceptors (Lipinski definition) is 8. The van der Waals surface area contributed by atoms with Crippen molar-refractivity contribution < 1.29 is 23.6 Å². The Morgan fingerprint density at radius 2 is 1.59 bits per heavy atom. The van der Waals surface area contributed by atoms with Gasteiger partial charge in [0.05, 0.1) is 11.1 Å². The molecule has 4 amide bonds. The summed E-state index contributed by atoms with van der Waals surface area (Å²) in [7, 11) is 3.78. The van der Waals surface area contributed by atoms with Gasteiger partial charge in [0.2, 0.25) is 5.91 Å². The average Bonchev–Trinajstić information content (AvgIpc) is 3.57. The summed E-state index contributed by atoms with van der Waals surface area (Å²) in [6.07, 6.45) is 0. The third-order valence-corrected chi connectivity index (χ3v) is 7.18. The number of nitrogens with one attached hydrogen (secondary N) is 1. The molecule has 12 heteroatoms. The lowest BCUT2D eigenvalue weighted by Gasteiger charge is -2.31. The van der Waals surface area contributed by atoms with Crippen LogP contribution in [0.3, 0.4) is 0 Å². The normalized spacial score (nSPS) is 13.1. The van der Waals surface area contributed by atoms with E-state index in [9.17, 15) is 23.6 Å². The van der Waals surface area contributed by atoms with Crippen LogP contribution in [-0.2, 0) is 16.1 Å². The highest BCUT2D eigenvalue weighted by Gasteiger charge is 2.40. The van der Waals surface area contributed by atoms with Crippen LogP contribution in [-0.4, -0.2) is 63.7 Å². The van der Waals surface area contributed by atoms with E-state index >= 15 is 0 Å². The Morgan fingerprint density at radius 1 is 0.951 bits per heavy atom. The zero-order valence-corrected chi connectivity index (χ0v) is 23.0. The summed E-state index contributed by atoms with van der Waals surface area (Å²) >= 11 is 0.983. The lowest BCUT2D eigenvalue weighted by Crippen LogP contribution is -2.47. The number of benzene rings is 3. The fraction of sp³-hybridized carbons (Fsp3) is 0.172. The molecule has 0 unspecified atom stereocenters. The van der Waals surface area contributed by atoms with Crippen LogP contribution in [0.2, 0.25) is 0 Å². The Balaban J connectivity index is 1.49. The number of imide groups is 1. The predicted octanol–water partition coefficient (Wildman–Crippen LogP) is 3.75. The van der Waals surface area contributed by atoms with E-state index in [1.807, 2.05) is 31.1 Å². The maximum absolute atomic E-state index is 14.8. The van der Waals surface area contributed by atoms with Crippen molar-refractivity contribution in [2.24, 2.45) is 0 Å². The van der Waals surface area contributed by atoms with Crippen LogP contribution in [0.5, 0.6) is 0 Å². The smallest absolute Gasteiger partial charge is 0.262 e. The van der Waals surface area contributed by atoms with Gasteiger partial charge in [0.1, 0.15) is 18.1 Å². The number of nitrogens with zero attached hydrogens (tertiary/aromatic N) is 5. The minimum Gasteiger partial charge on any atom is -0.378 e. The molecule has 1 atom stereocenters. The molecule has 1 aliphatic heterocycles. The molecule has 1 aliphatic rings. The number of carbonyl (C=O) groups excluding carboxylic acids is 4. The molecular weight excluding hydrogens is 547 g/mol. The maximum Gasteiger partial charge on any atom is 0.262 e. The first-order chi connectivity index (χ1) is 19.7. The van der Waals surface area contributed by atoms with Gasteiger partial charge in [0.15, 0.2) is 6.04 Å². The third-order valence-electron chi connectivity index (χ3n) is 6.66. The quantitative estimate of drug-likeness (QED) is 0.304. The molecule has 0 saturated carbocycles. The van der Waals surface area contributed by atoms with Gasteiger partial charge in [-0.15, -0.1) is 5.10 Å². The molecule has 10 nitrogen and oxygen atoms in total. The van der Waals surface area contributed by atoms with Crippen LogP contribution >= 0.6 is 11.5 Å². The maximum atomic E-state index is 14.8. The Bertz CT molecular complexity index is 1570. The Kier molecular flexibility index (Phi) is 7.83. The fourth-order valence-electron chi connectivity index (χ4n) is 4.52. The van der Waals surface area contributed by atoms with Gasteiger partial charge in [-0.05, 0) is 54.0 Å². The largest absolute Gasteiger partial charge is 0.378 e. The molecule has 0 radical (unpaired) electrons. The number of rotatable bonds is 9. The second-order valence-electron chi connectivity index (χ2n) is 9.52. The zero-order chi connectivity index (χ0) is 29.1. The third kappa shape index (κ3) is 5.68. The van der Waals surface area contributed by atoms with Crippen molar-refractivity contribution in [1.82, 2.24) is 19.4 Å². The molecule has 0 fully saturated rings. The van der Waals surface area contributed by atoms with E-state index in [1.165, 1.54) is 35.7 Å². The molecule has 0 spiro atoms. The molecule has 41 heavy (non-hydrogen) atoms. The van der Waals surface area contributed by atoms with Crippen molar-refractivity contribution in [2.75, 3.05) is 30.9 Å². The van der Waals surface area contributed by atoms with Crippen molar-refractivity contribution in [3.8, 4) is 0 Å². The van der Waals surface area contributed by atoms with E-state index in [0.29, 0.717) is 5.69 Å². The first-order valence-electron chi connectivity index (χ1n) is 12.6. The lowest BCUT2D eigenvalue weighted by atomic mass is 10.1. The highest BCUT2D eigenvalue weighted by Crippen LogP contribution is 2.28. The minimum absolute atomic E-state index is 0.138. The average molecular weight is 573 g/mol. The summed E-state index contributed by atoms with van der Waals surface area (Å²) in [5.74, 6) is -3.20. The summed E-state index contributed by atoms with van der Waals surface area (Å²) in [6.45, 7) is -0.983. The van der Waals surface area contributed by atoms with Crippen LogP contribution in [0.15, 0.2) is 78.2 Å². The summed E-state index contributed by atoms with van der Waals surface area (Å²) in [5.41, 5.74) is 2.05. The van der Waals surface area contributed by atoms with Gasteiger partial charge >= 0.3 is 0 Å². The molecule has 208 valence electrons. The minimum atomic E-state index is -1.34. The molecule has 1 N–H and O–H groups in total. The number of anilines is 2. The molecule has 0 aliphatic carbocycles. The van der Waals surface area contributed by atoms with Crippen molar-refractivity contribution in [3.63, 3.8) is 0 Å². The highest BCUT2D eigenvalue weighted by molar-refractivity contribution is 7.03. The van der Waals surface area contributed by atoms with Crippen molar-refractivity contribution in [3.05, 3.63) is 106 Å². The van der Waals surface area contributed by atoms with Gasteiger partial charge in [0.25, 0.3) is 17.7 Å². The Hall–Kier alpha value is -4.97. The van der Waals surface area contributed by atoms with Gasteiger partial charge in [-0.2, -0.15) is 0 Å². The van der Waals surface area contributed by atoms with Gasteiger partial charge in [0, 0.05) is 43.0 Å². The molecule has 5 rings (SSSR count). The number of hydrogen-bond donors (Lipinski definition) is 1. The van der Waals surface area contributed by atoms with E-state index in [-0.39, 0.29) is 28.9 Å². The van der Waals surface area contributed by atoms with Crippen LogP contribution in [0.25, 0.3) is 0 Å². The monoisotopic (exact) mass is 572 g/mol. The van der Waals surface area contributed by atoms with Gasteiger partial charge in [-0.1, -0.05) is 34.8 Å². The summed E-state index contributed by atoms with van der Waals surface area (Å²) in [4.78, 5) is 57.5. The van der Waals surface area contributed by atoms with E-state index in [0.717, 1.165) is 27.0 Å². The second kappa shape index (κ2) is 11.6. The summed E-state index contributed by atoms with van der Waals surface area (Å²) < 4.78 is 18.7. The van der Waals surface area contributed by atoms with E-state index in [4.69, 9.17) is 0 Å². The number of amides is 4. The van der Waals surface area contributed by atoms with Crippen LogP contribution in [0.1, 0.15) is 38.0 Å². The lowest BCUT2D eigenvalue weighted by molar-refractivity contribution is -0.140.